The Labute approximate surface area is 339 Å². The Hall–Kier alpha value is -4.76. The van der Waals surface area contributed by atoms with Gasteiger partial charge in [0.05, 0.1) is 17.3 Å². The third kappa shape index (κ3) is 9.35. The number of carbonyl (C=O) groups is 3. The number of guanidine groups is 1. The van der Waals surface area contributed by atoms with Crippen LogP contribution in [0.5, 0.6) is 0 Å². The van der Waals surface area contributed by atoms with Crippen LogP contribution in [0.1, 0.15) is 115 Å². The second-order valence-corrected chi connectivity index (χ2v) is 18.6. The van der Waals surface area contributed by atoms with Crippen molar-refractivity contribution in [2.24, 2.45) is 16.3 Å². The van der Waals surface area contributed by atoms with Crippen molar-refractivity contribution in [3.05, 3.63) is 76.0 Å². The van der Waals surface area contributed by atoms with Gasteiger partial charge in [-0.15, -0.1) is 10.2 Å². The zero-order chi connectivity index (χ0) is 40.9. The summed E-state index contributed by atoms with van der Waals surface area (Å²) in [7, 11) is 0. The highest BCUT2D eigenvalue weighted by molar-refractivity contribution is 7.14. The smallest absolute Gasteiger partial charge is 0.414 e. The molecule has 2 aromatic heterocycles. The minimum atomic E-state index is -2.79. The van der Waals surface area contributed by atoms with Crippen molar-refractivity contribution in [2.45, 2.75) is 110 Å². The second kappa shape index (κ2) is 15.5. The van der Waals surface area contributed by atoms with Crippen LogP contribution in [-0.2, 0) is 24.6 Å². The number of halogens is 3. The number of ether oxygens (including phenoxy) is 2. The molecule has 0 spiro atoms. The fourth-order valence-electron chi connectivity index (χ4n) is 6.92. The predicted octanol–water partition coefficient (Wildman–Crippen LogP) is 9.43. The Bertz CT molecular complexity index is 2190. The molecule has 4 aromatic rings. The molecule has 12 nitrogen and oxygen atoms in total. The standard InChI is InChI=1S/C41H46ClF2N7O5S/c1-39(2,3)22-41(28-14-11-24(12-15-28)27-19-45-50(20-27)36(43)44)35(53)51(37(47-41)46-38(54)56-40(4,5)6)31(21-55-32(52)17-23-7-8-23)26-13-16-30(42)29(18-26)34-49-48-33(57-34)25-9-10-25/h11-16,18-20,23,25,31,36H,7-10,17,21-22H2,1-6H3,(H,46,47,54)/t31-,41-/m1/s1. The maximum atomic E-state index is 15.5. The topological polar surface area (TPSA) is 141 Å². The van der Waals surface area contributed by atoms with Gasteiger partial charge in [-0.1, -0.05) is 74.0 Å². The van der Waals surface area contributed by atoms with Gasteiger partial charge in [0.15, 0.2) is 5.54 Å². The Morgan fingerprint density at radius 2 is 1.74 bits per heavy atom. The van der Waals surface area contributed by atoms with E-state index < -0.39 is 47.1 Å². The Kier molecular flexibility index (Phi) is 11.0. The molecule has 7 rings (SSSR count). The number of hydrogen-bond acceptors (Lipinski definition) is 10. The van der Waals surface area contributed by atoms with Crippen molar-refractivity contribution < 1.29 is 32.6 Å². The van der Waals surface area contributed by atoms with E-state index in [1.165, 1.54) is 28.6 Å². The van der Waals surface area contributed by atoms with E-state index in [0.29, 0.717) is 48.4 Å². The highest BCUT2D eigenvalue weighted by atomic mass is 35.5. The Balaban J connectivity index is 1.33. The van der Waals surface area contributed by atoms with E-state index >= 15 is 4.79 Å². The number of carbonyl (C=O) groups excluding carboxylic acids is 3. The zero-order valence-corrected chi connectivity index (χ0v) is 34.3. The molecule has 2 aromatic carbocycles. The fourth-order valence-corrected chi connectivity index (χ4v) is 8.22. The van der Waals surface area contributed by atoms with E-state index in [0.717, 1.165) is 30.7 Å². The minimum absolute atomic E-state index is 0.0903. The Morgan fingerprint density at radius 1 is 1.02 bits per heavy atom. The highest BCUT2D eigenvalue weighted by Gasteiger charge is 2.54. The summed E-state index contributed by atoms with van der Waals surface area (Å²) in [5, 5.41) is 17.3. The molecular weight excluding hydrogens is 776 g/mol. The van der Waals surface area contributed by atoms with Gasteiger partial charge in [0.25, 0.3) is 5.91 Å². The molecule has 2 saturated carbocycles. The monoisotopic (exact) mass is 821 g/mol. The molecule has 3 aliphatic rings. The van der Waals surface area contributed by atoms with Crippen LogP contribution in [0, 0.1) is 11.3 Å². The molecule has 0 unspecified atom stereocenters. The van der Waals surface area contributed by atoms with Gasteiger partial charge < -0.3 is 9.47 Å². The maximum absolute atomic E-state index is 15.5. The fraction of sp³-hybridized carbons (Fsp3) is 0.488. The average molecular weight is 822 g/mol. The van der Waals surface area contributed by atoms with E-state index in [1.54, 1.807) is 57.2 Å². The van der Waals surface area contributed by atoms with Crippen molar-refractivity contribution in [1.82, 2.24) is 30.2 Å². The largest absolute Gasteiger partial charge is 0.463 e. The molecule has 0 bridgehead atoms. The van der Waals surface area contributed by atoms with Crippen LogP contribution in [0.25, 0.3) is 21.7 Å². The number of aliphatic imine (C=N–C) groups is 1. The van der Waals surface area contributed by atoms with Crippen molar-refractivity contribution >= 4 is 46.9 Å². The molecule has 16 heteroatoms. The molecule has 302 valence electrons. The first-order valence-corrected chi connectivity index (χ1v) is 20.2. The van der Waals surface area contributed by atoms with Crippen LogP contribution < -0.4 is 5.32 Å². The number of alkyl halides is 2. The lowest BCUT2D eigenvalue weighted by Gasteiger charge is -2.35. The van der Waals surface area contributed by atoms with Crippen LogP contribution >= 0.6 is 22.9 Å². The molecular formula is C41H46ClF2N7O5S. The number of rotatable bonds is 12. The SMILES string of the molecule is CC(C)(C)C[C@]1(c2ccc(-c3cnn(C(F)F)c3)cc2)N=C(NC(=O)OC(C)(C)C)N([C@H](COC(=O)CC2CC2)c2ccc(Cl)c(-c3nnc(C4CC4)s3)c2)C1=O. The summed E-state index contributed by atoms with van der Waals surface area (Å²) in [5.41, 5.74) is -0.219. The first-order chi connectivity index (χ1) is 26.9. The number of benzene rings is 2. The molecule has 2 atom stereocenters. The van der Waals surface area contributed by atoms with Crippen LogP contribution in [0.15, 0.2) is 59.9 Å². The molecule has 1 N–H and O–H groups in total. The Morgan fingerprint density at radius 3 is 2.35 bits per heavy atom. The summed E-state index contributed by atoms with van der Waals surface area (Å²) in [4.78, 5) is 48.6. The van der Waals surface area contributed by atoms with Gasteiger partial charge in [-0.05, 0) is 93.0 Å². The molecule has 2 amide bonds. The molecule has 57 heavy (non-hydrogen) atoms. The normalized spacial score (nSPS) is 19.2. The molecule has 0 radical (unpaired) electrons. The van der Waals surface area contributed by atoms with Gasteiger partial charge in [0.2, 0.25) is 5.96 Å². The number of esters is 1. The van der Waals surface area contributed by atoms with Crippen LogP contribution in [-0.4, -0.2) is 61.0 Å². The van der Waals surface area contributed by atoms with Crippen molar-refractivity contribution in [1.29, 1.82) is 0 Å². The summed E-state index contributed by atoms with van der Waals surface area (Å²) < 4.78 is 38.8. The van der Waals surface area contributed by atoms with E-state index in [1.807, 2.05) is 26.8 Å². The molecule has 1 aliphatic heterocycles. The lowest BCUT2D eigenvalue weighted by atomic mass is 9.75. The molecule has 0 saturated heterocycles. The van der Waals surface area contributed by atoms with E-state index in [2.05, 4.69) is 20.6 Å². The summed E-state index contributed by atoms with van der Waals surface area (Å²) >= 11 is 8.25. The number of aromatic nitrogens is 4. The highest BCUT2D eigenvalue weighted by Crippen LogP contribution is 2.47. The third-order valence-electron chi connectivity index (χ3n) is 9.83. The van der Waals surface area contributed by atoms with Gasteiger partial charge >= 0.3 is 18.6 Å². The third-order valence-corrected chi connectivity index (χ3v) is 11.3. The number of alkyl carbamates (subject to hydrolysis) is 1. The number of hydrogen-bond donors (Lipinski definition) is 1. The van der Waals surface area contributed by atoms with Gasteiger partial charge in [0.1, 0.15) is 22.2 Å². The zero-order valence-electron chi connectivity index (χ0n) is 32.7. The van der Waals surface area contributed by atoms with Crippen molar-refractivity contribution in [3.8, 4) is 21.7 Å². The molecule has 2 fully saturated rings. The summed E-state index contributed by atoms with van der Waals surface area (Å²) in [6.45, 7) is 8.07. The average Bonchev–Trinajstić information content (AvgIpc) is 4.01. The minimum Gasteiger partial charge on any atom is -0.463 e. The van der Waals surface area contributed by atoms with Gasteiger partial charge in [-0.3, -0.25) is 19.8 Å². The second-order valence-electron chi connectivity index (χ2n) is 17.2. The molecule has 3 heterocycles. The number of amides is 2. The predicted molar refractivity (Wildman–Crippen MR) is 212 cm³/mol. The van der Waals surface area contributed by atoms with E-state index in [4.69, 9.17) is 26.1 Å². The first-order valence-electron chi connectivity index (χ1n) is 19.0. The van der Waals surface area contributed by atoms with Crippen LogP contribution in [0.2, 0.25) is 5.02 Å². The quantitative estimate of drug-likeness (QED) is 0.139. The van der Waals surface area contributed by atoms with E-state index in [9.17, 15) is 18.4 Å². The van der Waals surface area contributed by atoms with Gasteiger partial charge in [0, 0.05) is 29.7 Å². The summed E-state index contributed by atoms with van der Waals surface area (Å²) in [6.07, 6.45) is 6.24. The van der Waals surface area contributed by atoms with Gasteiger partial charge in [-0.2, -0.15) is 13.9 Å². The summed E-state index contributed by atoms with van der Waals surface area (Å²) in [5.74, 6) is -0.313. The molecule has 2 aliphatic carbocycles. The lowest BCUT2D eigenvalue weighted by molar-refractivity contribution is -0.148. The summed E-state index contributed by atoms with van der Waals surface area (Å²) in [6, 6.07) is 11.2. The van der Waals surface area contributed by atoms with Crippen molar-refractivity contribution in [3.63, 3.8) is 0 Å². The first kappa shape index (κ1) is 40.4. The maximum Gasteiger partial charge on any atom is 0.414 e. The van der Waals surface area contributed by atoms with Crippen molar-refractivity contribution in [2.75, 3.05) is 6.61 Å². The van der Waals surface area contributed by atoms with Crippen LogP contribution in [0.4, 0.5) is 13.6 Å². The number of nitrogens with zero attached hydrogens (tertiary/aromatic N) is 6. The van der Waals surface area contributed by atoms with E-state index in [-0.39, 0.29) is 31.3 Å². The number of nitrogens with one attached hydrogen (secondary N) is 1. The lowest BCUT2D eigenvalue weighted by Crippen LogP contribution is -2.50. The van der Waals surface area contributed by atoms with Crippen LogP contribution in [0.3, 0.4) is 0 Å². The van der Waals surface area contributed by atoms with Gasteiger partial charge in [-0.25, -0.2) is 14.5 Å².